The topological polar surface area (TPSA) is 87.0 Å². The second-order valence-corrected chi connectivity index (χ2v) is 6.59. The minimum absolute atomic E-state index is 0.144. The number of aromatic nitrogens is 1. The summed E-state index contributed by atoms with van der Waals surface area (Å²) in [6.45, 7) is 3.40. The summed E-state index contributed by atoms with van der Waals surface area (Å²) in [5.41, 5.74) is 1.58. The van der Waals surface area contributed by atoms with Gasteiger partial charge in [0.25, 0.3) is 0 Å². The minimum Gasteiger partial charge on any atom is -0.493 e. The number of aryl methyl sites for hydroxylation is 1. The maximum Gasteiger partial charge on any atom is 0.304 e. The predicted octanol–water partition coefficient (Wildman–Crippen LogP) is 5.57. The zero-order valence-corrected chi connectivity index (χ0v) is 15.5. The number of carbonyl (C=O) groups excluding carboxylic acids is 1. The van der Waals surface area contributed by atoms with Crippen molar-refractivity contribution in [2.75, 3.05) is 0 Å². The lowest BCUT2D eigenvalue weighted by atomic mass is 10.2. The van der Waals surface area contributed by atoms with Crippen LogP contribution in [0.15, 0.2) is 46.6 Å². The molecule has 0 saturated heterocycles. The van der Waals surface area contributed by atoms with Gasteiger partial charge in [0.1, 0.15) is 5.75 Å². The lowest BCUT2D eigenvalue weighted by Gasteiger charge is -2.13. The summed E-state index contributed by atoms with van der Waals surface area (Å²) in [6.07, 6.45) is -0.852. The summed E-state index contributed by atoms with van der Waals surface area (Å²) in [7, 11) is 0. The molecule has 0 fully saturated rings. The second-order valence-electron chi connectivity index (χ2n) is 5.72. The van der Waals surface area contributed by atoms with Gasteiger partial charge in [0.15, 0.2) is 11.8 Å². The van der Waals surface area contributed by atoms with Crippen molar-refractivity contribution in [2.24, 2.45) is 10.2 Å². The molecule has 3 rings (SSSR count). The van der Waals surface area contributed by atoms with Crippen molar-refractivity contribution >= 4 is 45.7 Å². The van der Waals surface area contributed by atoms with Crippen LogP contribution in [0.3, 0.4) is 0 Å². The van der Waals surface area contributed by atoms with Gasteiger partial charge in [-0.1, -0.05) is 23.2 Å². The molecular weight excluding hydrogens is 377 g/mol. The number of carbonyl (C=O) groups is 1. The van der Waals surface area contributed by atoms with Crippen LogP contribution in [-0.2, 0) is 4.79 Å². The summed E-state index contributed by atoms with van der Waals surface area (Å²) in [5, 5.41) is 19.1. The predicted molar refractivity (Wildman–Crippen MR) is 101 cm³/mol. The standard InChI is InChI=1S/C18H15Cl2N3O3/c1-9-7-11(19)4-6-15(9)26-10(2)17(24)23-22-16-13-8-12(20)3-5-14(13)21-18(16)25/h3-8,10,21,25H,1-2H3. The number of ether oxygens (including phenoxy) is 1. The monoisotopic (exact) mass is 391 g/mol. The van der Waals surface area contributed by atoms with E-state index in [0.29, 0.717) is 26.7 Å². The lowest BCUT2D eigenvalue weighted by Crippen LogP contribution is -2.21. The van der Waals surface area contributed by atoms with Crippen LogP contribution in [0.5, 0.6) is 11.6 Å². The average Bonchev–Trinajstić information content (AvgIpc) is 2.89. The molecule has 2 N–H and O–H groups in total. The number of benzene rings is 2. The van der Waals surface area contributed by atoms with Crippen LogP contribution in [0.2, 0.25) is 10.0 Å². The molecule has 0 radical (unpaired) electrons. The fraction of sp³-hybridized carbons (Fsp3) is 0.167. The first-order chi connectivity index (χ1) is 12.3. The molecular formula is C18H15Cl2N3O3. The zero-order chi connectivity index (χ0) is 18.8. The molecule has 6 nitrogen and oxygen atoms in total. The number of fused-ring (bicyclic) bond motifs is 1. The van der Waals surface area contributed by atoms with E-state index < -0.39 is 12.0 Å². The highest BCUT2D eigenvalue weighted by Gasteiger charge is 2.17. The van der Waals surface area contributed by atoms with Gasteiger partial charge < -0.3 is 14.8 Å². The molecule has 1 amide bonds. The zero-order valence-electron chi connectivity index (χ0n) is 14.0. The Balaban J connectivity index is 1.79. The van der Waals surface area contributed by atoms with Crippen molar-refractivity contribution in [1.82, 2.24) is 4.98 Å². The van der Waals surface area contributed by atoms with Gasteiger partial charge >= 0.3 is 5.91 Å². The van der Waals surface area contributed by atoms with Gasteiger partial charge in [0.05, 0.1) is 5.52 Å². The molecule has 0 aliphatic rings. The molecule has 0 spiro atoms. The Morgan fingerprint density at radius 3 is 2.62 bits per heavy atom. The molecule has 8 heteroatoms. The maximum absolute atomic E-state index is 12.2. The van der Waals surface area contributed by atoms with E-state index in [0.717, 1.165) is 5.56 Å². The highest BCUT2D eigenvalue weighted by atomic mass is 35.5. The van der Waals surface area contributed by atoms with Crippen molar-refractivity contribution < 1.29 is 14.6 Å². The number of hydrogen-bond acceptors (Lipinski definition) is 4. The van der Waals surface area contributed by atoms with Crippen LogP contribution in [-0.4, -0.2) is 22.1 Å². The van der Waals surface area contributed by atoms with E-state index in [2.05, 4.69) is 15.2 Å². The molecule has 1 aromatic heterocycles. The first-order valence-corrected chi connectivity index (χ1v) is 8.49. The fourth-order valence-electron chi connectivity index (χ4n) is 2.40. The maximum atomic E-state index is 12.2. The Morgan fingerprint density at radius 2 is 1.88 bits per heavy atom. The third kappa shape index (κ3) is 3.81. The molecule has 2 aromatic carbocycles. The Morgan fingerprint density at radius 1 is 1.19 bits per heavy atom. The smallest absolute Gasteiger partial charge is 0.304 e. The molecule has 1 heterocycles. The average molecular weight is 392 g/mol. The van der Waals surface area contributed by atoms with Crippen molar-refractivity contribution in [3.05, 3.63) is 52.0 Å². The van der Waals surface area contributed by atoms with Crippen molar-refractivity contribution in [2.45, 2.75) is 20.0 Å². The minimum atomic E-state index is -0.852. The summed E-state index contributed by atoms with van der Waals surface area (Å²) < 4.78 is 5.62. The van der Waals surface area contributed by atoms with Crippen molar-refractivity contribution in [3.8, 4) is 11.6 Å². The summed E-state index contributed by atoms with van der Waals surface area (Å²) >= 11 is 11.9. The van der Waals surface area contributed by atoms with Gasteiger partial charge in [0, 0.05) is 15.4 Å². The number of H-pyrrole nitrogens is 1. The Bertz CT molecular complexity index is 1010. The van der Waals surface area contributed by atoms with Gasteiger partial charge in [-0.15, -0.1) is 10.2 Å². The van der Waals surface area contributed by atoms with Crippen LogP contribution >= 0.6 is 23.2 Å². The molecule has 3 aromatic rings. The Hall–Kier alpha value is -2.57. The van der Waals surface area contributed by atoms with Crippen LogP contribution in [0.25, 0.3) is 10.9 Å². The Kier molecular flexibility index (Phi) is 5.15. The molecule has 1 unspecified atom stereocenters. The van der Waals surface area contributed by atoms with Crippen LogP contribution in [0, 0.1) is 6.92 Å². The number of azo groups is 1. The third-order valence-electron chi connectivity index (χ3n) is 3.75. The van der Waals surface area contributed by atoms with Crippen LogP contribution in [0.4, 0.5) is 5.69 Å². The number of halogens is 2. The summed E-state index contributed by atoms with van der Waals surface area (Å²) in [4.78, 5) is 15.0. The normalized spacial score (nSPS) is 12.6. The highest BCUT2D eigenvalue weighted by molar-refractivity contribution is 6.31. The number of nitrogens with one attached hydrogen (secondary N) is 1. The summed E-state index contributed by atoms with van der Waals surface area (Å²) in [6, 6.07) is 10.1. The van der Waals surface area contributed by atoms with Gasteiger partial charge in [-0.2, -0.15) is 0 Å². The molecule has 0 aliphatic heterocycles. The third-order valence-corrected chi connectivity index (χ3v) is 4.22. The van der Waals surface area contributed by atoms with E-state index in [-0.39, 0.29) is 11.6 Å². The number of amides is 1. The van der Waals surface area contributed by atoms with Gasteiger partial charge in [-0.25, -0.2) is 0 Å². The molecule has 134 valence electrons. The van der Waals surface area contributed by atoms with E-state index in [1.165, 1.54) is 0 Å². The SMILES string of the molecule is Cc1cc(Cl)ccc1OC(C)C(=O)N=Nc1c(O)[nH]c2ccc(Cl)cc12. The van der Waals surface area contributed by atoms with Gasteiger partial charge in [-0.05, 0) is 55.8 Å². The summed E-state index contributed by atoms with van der Waals surface area (Å²) in [5.74, 6) is -0.247. The number of hydrogen-bond donors (Lipinski definition) is 2. The van der Waals surface area contributed by atoms with Crippen LogP contribution in [0.1, 0.15) is 12.5 Å². The number of nitrogens with zero attached hydrogens (tertiary/aromatic N) is 2. The van der Waals surface area contributed by atoms with Crippen LogP contribution < -0.4 is 4.74 Å². The second kappa shape index (κ2) is 7.35. The Labute approximate surface area is 159 Å². The number of aromatic hydroxyl groups is 1. The number of rotatable bonds is 4. The van der Waals surface area contributed by atoms with E-state index in [9.17, 15) is 9.90 Å². The number of aromatic amines is 1. The van der Waals surface area contributed by atoms with E-state index in [1.807, 2.05) is 6.92 Å². The molecule has 0 saturated carbocycles. The van der Waals surface area contributed by atoms with Gasteiger partial charge in [0.2, 0.25) is 5.88 Å². The molecule has 1 atom stereocenters. The fourth-order valence-corrected chi connectivity index (χ4v) is 2.80. The highest BCUT2D eigenvalue weighted by Crippen LogP contribution is 2.36. The van der Waals surface area contributed by atoms with E-state index in [4.69, 9.17) is 27.9 Å². The van der Waals surface area contributed by atoms with Crippen molar-refractivity contribution in [3.63, 3.8) is 0 Å². The molecule has 26 heavy (non-hydrogen) atoms. The lowest BCUT2D eigenvalue weighted by molar-refractivity contribution is -0.124. The molecule has 0 bridgehead atoms. The molecule has 0 aliphatic carbocycles. The first kappa shape index (κ1) is 18.2. The van der Waals surface area contributed by atoms with E-state index >= 15 is 0 Å². The van der Waals surface area contributed by atoms with Gasteiger partial charge in [-0.3, -0.25) is 4.79 Å². The van der Waals surface area contributed by atoms with E-state index in [1.54, 1.807) is 43.3 Å². The first-order valence-electron chi connectivity index (χ1n) is 7.73. The quantitative estimate of drug-likeness (QED) is 0.570. The van der Waals surface area contributed by atoms with Crippen molar-refractivity contribution in [1.29, 1.82) is 0 Å². The largest absolute Gasteiger partial charge is 0.493 e.